The van der Waals surface area contributed by atoms with E-state index in [4.69, 9.17) is 0 Å². The molecule has 0 saturated heterocycles. The molecule has 1 aliphatic rings. The highest BCUT2D eigenvalue weighted by Gasteiger charge is 1.97. The Morgan fingerprint density at radius 2 is 0.314 bits per heavy atom. The van der Waals surface area contributed by atoms with Crippen LogP contribution in [0.4, 0.5) is 0 Å². The van der Waals surface area contributed by atoms with Crippen LogP contribution in [0.2, 0.25) is 0 Å². The number of hydrogen-bond donors (Lipinski definition) is 0. The molecule has 216 valence electrons. The van der Waals surface area contributed by atoms with Crippen LogP contribution in [0.1, 0.15) is 171 Å². The molecule has 0 bridgehead atoms. The molecule has 0 radical (unpaired) electrons. The van der Waals surface area contributed by atoms with Gasteiger partial charge >= 0.3 is 0 Å². The van der Waals surface area contributed by atoms with Crippen LogP contribution in [0, 0.1) is 21.7 Å². The maximum Gasteiger partial charge on any atom is -0.0411 e. The molecular formula is C35H76. The molecular weight excluding hydrogens is 420 g/mol. The van der Waals surface area contributed by atoms with Crippen molar-refractivity contribution in [3.8, 4) is 0 Å². The Bertz CT molecular complexity index is 316. The van der Waals surface area contributed by atoms with Crippen LogP contribution in [-0.2, 0) is 0 Å². The van der Waals surface area contributed by atoms with Crippen molar-refractivity contribution in [2.24, 2.45) is 21.7 Å². The van der Waals surface area contributed by atoms with Gasteiger partial charge in [-0.15, -0.1) is 0 Å². The summed E-state index contributed by atoms with van der Waals surface area (Å²) in [6.07, 6.45) is 7.50. The van der Waals surface area contributed by atoms with Gasteiger partial charge in [0.2, 0.25) is 0 Å². The first-order chi connectivity index (χ1) is 15.5. The number of benzene rings is 1. The lowest BCUT2D eigenvalue weighted by atomic mass is 10.0. The summed E-state index contributed by atoms with van der Waals surface area (Å²) in [5, 5.41) is 0. The van der Waals surface area contributed by atoms with E-state index < -0.39 is 0 Å². The molecule has 0 unspecified atom stereocenters. The van der Waals surface area contributed by atoms with E-state index in [0.29, 0.717) is 21.7 Å². The predicted octanol–water partition coefficient (Wildman–Crippen LogP) is 13.9. The zero-order valence-corrected chi connectivity index (χ0v) is 29.0. The molecule has 35 heavy (non-hydrogen) atoms. The largest absolute Gasteiger partial charge is 0.0683 e. The van der Waals surface area contributed by atoms with Gasteiger partial charge in [-0.1, -0.05) is 207 Å². The summed E-state index contributed by atoms with van der Waals surface area (Å²) in [5.41, 5.74) is 2.00. The van der Waals surface area contributed by atoms with E-state index in [1.165, 1.54) is 32.1 Å². The third-order valence-electron chi connectivity index (χ3n) is 1.92. The SMILES string of the molecule is C1CCCC1.CC.CC.CC(C)(C)C.CC(C)(C)C.CC(C)(C)C.CC(C)(C)C.c1ccccc1. The van der Waals surface area contributed by atoms with E-state index in [2.05, 4.69) is 111 Å². The van der Waals surface area contributed by atoms with Crippen LogP contribution in [0.15, 0.2) is 36.4 Å². The van der Waals surface area contributed by atoms with Crippen molar-refractivity contribution in [2.45, 2.75) is 171 Å². The van der Waals surface area contributed by atoms with Crippen LogP contribution in [0.5, 0.6) is 0 Å². The van der Waals surface area contributed by atoms with Gasteiger partial charge in [0.25, 0.3) is 0 Å². The van der Waals surface area contributed by atoms with Crippen molar-refractivity contribution >= 4 is 0 Å². The van der Waals surface area contributed by atoms with E-state index in [0.717, 1.165) is 0 Å². The lowest BCUT2D eigenvalue weighted by Gasteiger charge is -2.05. The predicted molar refractivity (Wildman–Crippen MR) is 173 cm³/mol. The van der Waals surface area contributed by atoms with Crippen molar-refractivity contribution in [2.75, 3.05) is 0 Å². The third kappa shape index (κ3) is 310. The zero-order valence-electron chi connectivity index (χ0n) is 29.0. The normalized spacial score (nSPS) is 12.0. The van der Waals surface area contributed by atoms with Crippen molar-refractivity contribution in [1.82, 2.24) is 0 Å². The van der Waals surface area contributed by atoms with Gasteiger partial charge in [0.1, 0.15) is 0 Å². The van der Waals surface area contributed by atoms with E-state index in [-0.39, 0.29) is 0 Å². The number of rotatable bonds is 0. The van der Waals surface area contributed by atoms with E-state index in [9.17, 15) is 0 Å². The van der Waals surface area contributed by atoms with Gasteiger partial charge in [0.05, 0.1) is 0 Å². The first-order valence-electron chi connectivity index (χ1n) is 14.5. The van der Waals surface area contributed by atoms with Gasteiger partial charge in [0.15, 0.2) is 0 Å². The van der Waals surface area contributed by atoms with Crippen molar-refractivity contribution < 1.29 is 0 Å². The standard InChI is InChI=1S/C6H6.C5H10.4C5H12.2C2H6/c1-2-4-6-5-3-1;1-2-4-5-3-1;4*1-5(2,3)4;2*1-2/h1-6H;1-5H2;4*1-4H3;2*1-2H3. The molecule has 1 aliphatic carbocycles. The Morgan fingerprint density at radius 1 is 0.257 bits per heavy atom. The fourth-order valence-corrected chi connectivity index (χ4v) is 1.27. The van der Waals surface area contributed by atoms with Gasteiger partial charge < -0.3 is 0 Å². The molecule has 1 fully saturated rings. The molecule has 0 amide bonds. The van der Waals surface area contributed by atoms with Crippen molar-refractivity contribution in [3.63, 3.8) is 0 Å². The molecule has 1 aromatic carbocycles. The Hall–Kier alpha value is -0.780. The number of hydrogen-bond acceptors (Lipinski definition) is 0. The minimum Gasteiger partial charge on any atom is -0.0683 e. The molecule has 0 aliphatic heterocycles. The first-order valence-corrected chi connectivity index (χ1v) is 14.5. The maximum absolute atomic E-state index is 2.19. The van der Waals surface area contributed by atoms with Gasteiger partial charge in [-0.25, -0.2) is 0 Å². The van der Waals surface area contributed by atoms with Crippen LogP contribution < -0.4 is 0 Å². The molecule has 0 spiro atoms. The third-order valence-corrected chi connectivity index (χ3v) is 1.92. The molecule has 0 atom stereocenters. The molecule has 0 heteroatoms. The monoisotopic (exact) mass is 497 g/mol. The van der Waals surface area contributed by atoms with Crippen molar-refractivity contribution in [1.29, 1.82) is 0 Å². The Morgan fingerprint density at radius 3 is 0.371 bits per heavy atom. The average molecular weight is 497 g/mol. The quantitative estimate of drug-likeness (QED) is 0.335. The van der Waals surface area contributed by atoms with Crippen molar-refractivity contribution in [3.05, 3.63) is 36.4 Å². The summed E-state index contributed by atoms with van der Waals surface area (Å²) in [6, 6.07) is 12.0. The Kier molecular flexibility index (Phi) is 39.9. The molecule has 1 aromatic rings. The van der Waals surface area contributed by atoms with Gasteiger partial charge in [-0.05, 0) is 21.7 Å². The maximum atomic E-state index is 2.19. The highest BCUT2D eigenvalue weighted by atomic mass is 14.0. The molecule has 2 rings (SSSR count). The molecule has 0 nitrogen and oxygen atoms in total. The van der Waals surface area contributed by atoms with E-state index >= 15 is 0 Å². The second-order valence-corrected chi connectivity index (χ2v) is 14.9. The van der Waals surface area contributed by atoms with Gasteiger partial charge in [-0.3, -0.25) is 0 Å². The molecule has 0 heterocycles. The van der Waals surface area contributed by atoms with E-state index in [1.807, 2.05) is 64.1 Å². The zero-order chi connectivity index (χ0) is 29.8. The highest BCUT2D eigenvalue weighted by Crippen LogP contribution is 2.15. The van der Waals surface area contributed by atoms with E-state index in [1.54, 1.807) is 0 Å². The smallest absolute Gasteiger partial charge is 0.0411 e. The first kappa shape index (κ1) is 47.4. The lowest BCUT2D eigenvalue weighted by Crippen LogP contribution is -1.93. The van der Waals surface area contributed by atoms with Crippen LogP contribution >= 0.6 is 0 Å². The highest BCUT2D eigenvalue weighted by molar-refractivity contribution is 4.99. The average Bonchev–Trinajstić information content (AvgIpc) is 3.21. The van der Waals surface area contributed by atoms with Gasteiger partial charge in [0, 0.05) is 0 Å². The molecule has 0 N–H and O–H groups in total. The van der Waals surface area contributed by atoms with Crippen LogP contribution in [0.25, 0.3) is 0 Å². The van der Waals surface area contributed by atoms with Gasteiger partial charge in [-0.2, -0.15) is 0 Å². The summed E-state index contributed by atoms with van der Waals surface area (Å²) < 4.78 is 0. The minimum absolute atomic E-state index is 0.500. The summed E-state index contributed by atoms with van der Waals surface area (Å²) in [7, 11) is 0. The second kappa shape index (κ2) is 29.5. The van der Waals surface area contributed by atoms with Crippen LogP contribution in [-0.4, -0.2) is 0 Å². The summed E-state index contributed by atoms with van der Waals surface area (Å²) >= 11 is 0. The molecule has 1 saturated carbocycles. The fraction of sp³-hybridized carbons (Fsp3) is 0.829. The Labute approximate surface area is 228 Å². The fourth-order valence-electron chi connectivity index (χ4n) is 1.27. The van der Waals surface area contributed by atoms with Crippen LogP contribution in [0.3, 0.4) is 0 Å². The summed E-state index contributed by atoms with van der Waals surface area (Å²) in [5.74, 6) is 0. The summed E-state index contributed by atoms with van der Waals surface area (Å²) in [6.45, 7) is 43.0. The minimum atomic E-state index is 0.500. The lowest BCUT2D eigenvalue weighted by molar-refractivity contribution is 0.469. The summed E-state index contributed by atoms with van der Waals surface area (Å²) in [4.78, 5) is 0. The molecule has 0 aromatic heterocycles. The second-order valence-electron chi connectivity index (χ2n) is 14.9. The Balaban J connectivity index is -0.0000000701. The topological polar surface area (TPSA) is 0 Å².